The van der Waals surface area contributed by atoms with Crippen LogP contribution in [0.15, 0.2) is 24.3 Å². The highest BCUT2D eigenvalue weighted by Gasteiger charge is 2.21. The van der Waals surface area contributed by atoms with Crippen molar-refractivity contribution in [3.8, 4) is 0 Å². The van der Waals surface area contributed by atoms with Crippen LogP contribution in [0.1, 0.15) is 23.7 Å². The zero-order valence-corrected chi connectivity index (χ0v) is 11.1. The van der Waals surface area contributed by atoms with Crippen LogP contribution in [-0.4, -0.2) is 47.8 Å². The number of carbonyl (C=O) groups is 2. The van der Waals surface area contributed by atoms with Gasteiger partial charge in [0.05, 0.1) is 0 Å². The van der Waals surface area contributed by atoms with E-state index >= 15 is 0 Å². The number of carbonyl (C=O) groups excluding carboxylic acids is 2. The molecule has 2 rings (SSSR count). The lowest BCUT2D eigenvalue weighted by Gasteiger charge is -2.21. The quantitative estimate of drug-likeness (QED) is 0.766. The van der Waals surface area contributed by atoms with Gasteiger partial charge >= 0.3 is 0 Å². The van der Waals surface area contributed by atoms with Gasteiger partial charge in [0.15, 0.2) is 0 Å². The Morgan fingerprint density at radius 3 is 2.47 bits per heavy atom. The maximum absolute atomic E-state index is 12.3. The fourth-order valence-corrected chi connectivity index (χ4v) is 2.29. The summed E-state index contributed by atoms with van der Waals surface area (Å²) in [7, 11) is 0. The molecule has 19 heavy (non-hydrogen) atoms. The van der Waals surface area contributed by atoms with Crippen molar-refractivity contribution < 1.29 is 9.59 Å². The summed E-state index contributed by atoms with van der Waals surface area (Å²) in [6.45, 7) is 4.14. The van der Waals surface area contributed by atoms with Gasteiger partial charge in [-0.25, -0.2) is 0 Å². The Morgan fingerprint density at radius 1 is 1.11 bits per heavy atom. The second kappa shape index (κ2) is 5.73. The molecule has 1 saturated heterocycles. The second-order valence-electron chi connectivity index (χ2n) is 4.78. The first-order chi connectivity index (χ1) is 9.08. The second-order valence-corrected chi connectivity index (χ2v) is 4.78. The first kappa shape index (κ1) is 13.4. The van der Waals surface area contributed by atoms with Crippen molar-refractivity contribution in [3.63, 3.8) is 0 Å². The SMILES string of the molecule is CC(=O)N1CCCN(C(=O)c2cccc(N)c2)CC1. The third-order valence-electron chi connectivity index (χ3n) is 3.36. The zero-order valence-electron chi connectivity index (χ0n) is 11.1. The molecule has 0 unspecified atom stereocenters. The molecular weight excluding hydrogens is 242 g/mol. The molecule has 1 heterocycles. The molecule has 0 aliphatic carbocycles. The summed E-state index contributed by atoms with van der Waals surface area (Å²) in [6, 6.07) is 7.00. The number of amides is 2. The van der Waals surface area contributed by atoms with E-state index in [0.717, 1.165) is 13.0 Å². The van der Waals surface area contributed by atoms with Crippen LogP contribution in [0.5, 0.6) is 0 Å². The first-order valence-corrected chi connectivity index (χ1v) is 6.48. The smallest absolute Gasteiger partial charge is 0.253 e. The number of nitrogen functional groups attached to an aromatic ring is 1. The average molecular weight is 261 g/mol. The molecule has 1 aromatic rings. The molecule has 1 aliphatic heterocycles. The zero-order chi connectivity index (χ0) is 13.8. The lowest BCUT2D eigenvalue weighted by atomic mass is 10.1. The molecule has 2 amide bonds. The van der Waals surface area contributed by atoms with E-state index in [-0.39, 0.29) is 11.8 Å². The maximum Gasteiger partial charge on any atom is 0.253 e. The molecule has 0 spiro atoms. The van der Waals surface area contributed by atoms with Crippen molar-refractivity contribution in [1.82, 2.24) is 9.80 Å². The maximum atomic E-state index is 12.3. The Balaban J connectivity index is 2.06. The number of nitrogens with zero attached hydrogens (tertiary/aromatic N) is 2. The average Bonchev–Trinajstić information content (AvgIpc) is 2.63. The van der Waals surface area contributed by atoms with Crippen LogP contribution in [0.3, 0.4) is 0 Å². The number of hydrogen-bond acceptors (Lipinski definition) is 3. The van der Waals surface area contributed by atoms with Gasteiger partial charge in [0.1, 0.15) is 0 Å². The number of anilines is 1. The third-order valence-corrected chi connectivity index (χ3v) is 3.36. The predicted octanol–water partition coefficient (Wildman–Crippen LogP) is 0.963. The van der Waals surface area contributed by atoms with Gasteiger partial charge in [-0.1, -0.05) is 6.07 Å². The van der Waals surface area contributed by atoms with E-state index in [4.69, 9.17) is 5.73 Å². The van der Waals surface area contributed by atoms with Crippen LogP contribution >= 0.6 is 0 Å². The van der Waals surface area contributed by atoms with Gasteiger partial charge in [-0.2, -0.15) is 0 Å². The van der Waals surface area contributed by atoms with Crippen molar-refractivity contribution in [2.45, 2.75) is 13.3 Å². The van der Waals surface area contributed by atoms with Gasteiger partial charge in [0.2, 0.25) is 5.91 Å². The lowest BCUT2D eigenvalue weighted by Crippen LogP contribution is -2.36. The highest BCUT2D eigenvalue weighted by Crippen LogP contribution is 2.12. The molecule has 5 heteroatoms. The Kier molecular flexibility index (Phi) is 4.04. The van der Waals surface area contributed by atoms with Crippen molar-refractivity contribution in [1.29, 1.82) is 0 Å². The van der Waals surface area contributed by atoms with Crippen LogP contribution in [0, 0.1) is 0 Å². The first-order valence-electron chi connectivity index (χ1n) is 6.48. The standard InChI is InChI=1S/C14H19N3O2/c1-11(18)16-6-3-7-17(9-8-16)14(19)12-4-2-5-13(15)10-12/h2,4-5,10H,3,6-9,15H2,1H3. The summed E-state index contributed by atoms with van der Waals surface area (Å²) in [5, 5.41) is 0. The normalized spacial score (nSPS) is 16.1. The largest absolute Gasteiger partial charge is 0.399 e. The minimum absolute atomic E-state index is 0.0160. The van der Waals surface area contributed by atoms with Crippen LogP contribution < -0.4 is 5.73 Å². The number of benzene rings is 1. The molecule has 102 valence electrons. The molecule has 0 radical (unpaired) electrons. The van der Waals surface area contributed by atoms with Crippen LogP contribution in [0.4, 0.5) is 5.69 Å². The molecule has 2 N–H and O–H groups in total. The summed E-state index contributed by atoms with van der Waals surface area (Å²) >= 11 is 0. The van der Waals surface area contributed by atoms with Crippen molar-refractivity contribution in [3.05, 3.63) is 29.8 Å². The summed E-state index contributed by atoms with van der Waals surface area (Å²) in [6.07, 6.45) is 0.813. The monoisotopic (exact) mass is 261 g/mol. The molecule has 0 aromatic heterocycles. The Morgan fingerprint density at radius 2 is 1.79 bits per heavy atom. The summed E-state index contributed by atoms with van der Waals surface area (Å²) < 4.78 is 0. The minimum Gasteiger partial charge on any atom is -0.399 e. The van der Waals surface area contributed by atoms with Crippen molar-refractivity contribution in [2.75, 3.05) is 31.9 Å². The van der Waals surface area contributed by atoms with Gasteiger partial charge in [0.25, 0.3) is 5.91 Å². The molecule has 5 nitrogen and oxygen atoms in total. The van der Waals surface area contributed by atoms with E-state index in [1.807, 2.05) is 0 Å². The third kappa shape index (κ3) is 3.24. The topological polar surface area (TPSA) is 66.6 Å². The number of hydrogen-bond donors (Lipinski definition) is 1. The van der Waals surface area contributed by atoms with Crippen LogP contribution in [0.2, 0.25) is 0 Å². The molecule has 0 saturated carbocycles. The summed E-state index contributed by atoms with van der Waals surface area (Å²) in [4.78, 5) is 27.3. The van der Waals surface area contributed by atoms with Crippen LogP contribution in [-0.2, 0) is 4.79 Å². The highest BCUT2D eigenvalue weighted by atomic mass is 16.2. The van der Waals surface area contributed by atoms with Gasteiger partial charge in [-0.3, -0.25) is 9.59 Å². The Hall–Kier alpha value is -2.04. The molecule has 0 bridgehead atoms. The van der Waals surface area contributed by atoms with Gasteiger partial charge in [-0.15, -0.1) is 0 Å². The van der Waals surface area contributed by atoms with Crippen molar-refractivity contribution in [2.24, 2.45) is 0 Å². The van der Waals surface area contributed by atoms with Gasteiger partial charge < -0.3 is 15.5 Å². The molecular formula is C14H19N3O2. The molecule has 0 atom stereocenters. The summed E-state index contributed by atoms with van der Waals surface area (Å²) in [5.41, 5.74) is 6.89. The molecule has 1 fully saturated rings. The van der Waals surface area contributed by atoms with E-state index in [1.165, 1.54) is 0 Å². The van der Waals surface area contributed by atoms with E-state index < -0.39 is 0 Å². The van der Waals surface area contributed by atoms with E-state index in [1.54, 1.807) is 41.0 Å². The van der Waals surface area contributed by atoms with Crippen LogP contribution in [0.25, 0.3) is 0 Å². The Bertz CT molecular complexity index is 487. The predicted molar refractivity (Wildman–Crippen MR) is 73.6 cm³/mol. The van der Waals surface area contributed by atoms with Gasteiger partial charge in [0, 0.05) is 44.4 Å². The Labute approximate surface area is 113 Å². The van der Waals surface area contributed by atoms with E-state index in [2.05, 4.69) is 0 Å². The number of nitrogens with two attached hydrogens (primary N) is 1. The molecule has 1 aliphatic rings. The summed E-state index contributed by atoms with van der Waals surface area (Å²) in [5.74, 6) is 0.0518. The highest BCUT2D eigenvalue weighted by molar-refractivity contribution is 5.95. The van der Waals surface area contributed by atoms with E-state index in [9.17, 15) is 9.59 Å². The van der Waals surface area contributed by atoms with Gasteiger partial charge in [-0.05, 0) is 24.6 Å². The number of rotatable bonds is 1. The van der Waals surface area contributed by atoms with Crippen molar-refractivity contribution >= 4 is 17.5 Å². The van der Waals surface area contributed by atoms with E-state index in [0.29, 0.717) is 30.9 Å². The fraction of sp³-hybridized carbons (Fsp3) is 0.429. The molecule has 1 aromatic carbocycles. The lowest BCUT2D eigenvalue weighted by molar-refractivity contribution is -0.128. The minimum atomic E-state index is -0.0160. The fourth-order valence-electron chi connectivity index (χ4n) is 2.29.